The summed E-state index contributed by atoms with van der Waals surface area (Å²) in [6, 6.07) is 4.29. The summed E-state index contributed by atoms with van der Waals surface area (Å²) in [6.45, 7) is 2.25. The minimum Gasteiger partial charge on any atom is -0.170 e. The molecule has 1 heterocycles. The Balaban J connectivity index is 2.16. The predicted octanol–water partition coefficient (Wildman–Crippen LogP) is 5.84. The van der Waals surface area contributed by atoms with E-state index in [0.717, 1.165) is 0 Å². The zero-order chi connectivity index (χ0) is 11.1. The maximum Gasteiger partial charge on any atom is 0.0701 e. The average molecular weight is 307 g/mol. The van der Waals surface area contributed by atoms with Crippen LogP contribution in [-0.2, 0) is 0 Å². The second kappa shape index (κ2) is 7.75. The van der Waals surface area contributed by atoms with E-state index in [1.54, 1.807) is 11.3 Å². The maximum absolute atomic E-state index is 4.65. The summed E-state index contributed by atoms with van der Waals surface area (Å²) in [6.07, 6.45) is 7.95. The number of hydrogen-bond acceptors (Lipinski definition) is 2. The first-order valence-electron chi connectivity index (χ1n) is 5.67. The lowest BCUT2D eigenvalue weighted by Gasteiger charge is -2.07. The highest BCUT2D eigenvalue weighted by atomic mass is 79.9. The number of thiol groups is 1. The summed E-state index contributed by atoms with van der Waals surface area (Å²) in [5, 5.41) is 0.433. The van der Waals surface area contributed by atoms with Crippen LogP contribution in [0.2, 0.25) is 0 Å². The second-order valence-electron chi connectivity index (χ2n) is 3.86. The van der Waals surface area contributed by atoms with Gasteiger partial charge in [0.2, 0.25) is 0 Å². The van der Waals surface area contributed by atoms with E-state index < -0.39 is 0 Å². The summed E-state index contributed by atoms with van der Waals surface area (Å²) < 4.78 is 1.21. The minimum atomic E-state index is 0.433. The van der Waals surface area contributed by atoms with Crippen molar-refractivity contribution in [3.63, 3.8) is 0 Å². The highest BCUT2D eigenvalue weighted by Gasteiger charge is 2.08. The monoisotopic (exact) mass is 306 g/mol. The van der Waals surface area contributed by atoms with Gasteiger partial charge < -0.3 is 0 Å². The van der Waals surface area contributed by atoms with Crippen molar-refractivity contribution in [1.29, 1.82) is 0 Å². The van der Waals surface area contributed by atoms with Crippen molar-refractivity contribution >= 4 is 39.9 Å². The number of hydrogen-bond donors (Lipinski definition) is 1. The van der Waals surface area contributed by atoms with Crippen molar-refractivity contribution in [3.8, 4) is 0 Å². The van der Waals surface area contributed by atoms with Gasteiger partial charge in [-0.15, -0.1) is 11.3 Å². The fourth-order valence-electron chi connectivity index (χ4n) is 1.59. The summed E-state index contributed by atoms with van der Waals surface area (Å²) in [5.74, 6) is 0. The first-order valence-corrected chi connectivity index (χ1v) is 7.80. The van der Waals surface area contributed by atoms with Crippen LogP contribution in [0.1, 0.15) is 55.6 Å². The molecule has 1 aromatic rings. The van der Waals surface area contributed by atoms with Crippen molar-refractivity contribution in [2.45, 2.75) is 50.7 Å². The van der Waals surface area contributed by atoms with Crippen molar-refractivity contribution in [2.75, 3.05) is 0 Å². The van der Waals surface area contributed by atoms with Gasteiger partial charge in [0.1, 0.15) is 0 Å². The molecule has 1 unspecified atom stereocenters. The van der Waals surface area contributed by atoms with Crippen LogP contribution >= 0.6 is 39.9 Å². The molecule has 0 spiro atoms. The highest BCUT2D eigenvalue weighted by molar-refractivity contribution is 9.11. The molecule has 0 bridgehead atoms. The molecule has 0 nitrogen and oxygen atoms in total. The third-order valence-electron chi connectivity index (χ3n) is 2.50. The van der Waals surface area contributed by atoms with Crippen LogP contribution in [-0.4, -0.2) is 0 Å². The van der Waals surface area contributed by atoms with Gasteiger partial charge in [-0.1, -0.05) is 39.0 Å². The molecule has 86 valence electrons. The summed E-state index contributed by atoms with van der Waals surface area (Å²) in [4.78, 5) is 1.39. The van der Waals surface area contributed by atoms with Gasteiger partial charge in [-0.25, -0.2) is 0 Å². The fraction of sp³-hybridized carbons (Fsp3) is 0.667. The molecular weight excluding hydrogens is 288 g/mol. The van der Waals surface area contributed by atoms with E-state index in [9.17, 15) is 0 Å². The molecule has 0 amide bonds. The second-order valence-corrected chi connectivity index (χ2v) is 6.98. The first-order chi connectivity index (χ1) is 7.24. The number of unbranched alkanes of at least 4 members (excludes halogenated alkanes) is 4. The molecule has 0 radical (unpaired) electrons. The Hall–Kier alpha value is 0.530. The Morgan fingerprint density at radius 2 is 2.00 bits per heavy atom. The molecule has 0 aliphatic rings. The lowest BCUT2D eigenvalue weighted by atomic mass is 10.1. The Labute approximate surface area is 111 Å². The molecular formula is C12H19BrS2. The van der Waals surface area contributed by atoms with Crippen molar-refractivity contribution in [3.05, 3.63) is 20.8 Å². The molecule has 0 saturated heterocycles. The van der Waals surface area contributed by atoms with Gasteiger partial charge in [0, 0.05) is 10.1 Å². The van der Waals surface area contributed by atoms with E-state index in [-0.39, 0.29) is 0 Å². The van der Waals surface area contributed by atoms with Crippen molar-refractivity contribution in [1.82, 2.24) is 0 Å². The summed E-state index contributed by atoms with van der Waals surface area (Å²) in [5.41, 5.74) is 0. The number of halogens is 1. The predicted molar refractivity (Wildman–Crippen MR) is 77.1 cm³/mol. The molecule has 0 saturated carbocycles. The zero-order valence-corrected chi connectivity index (χ0v) is 12.5. The van der Waals surface area contributed by atoms with Gasteiger partial charge in [0.15, 0.2) is 0 Å². The molecule has 1 atom stereocenters. The smallest absolute Gasteiger partial charge is 0.0701 e. The van der Waals surface area contributed by atoms with Crippen LogP contribution in [0.5, 0.6) is 0 Å². The van der Waals surface area contributed by atoms with Gasteiger partial charge >= 0.3 is 0 Å². The summed E-state index contributed by atoms with van der Waals surface area (Å²) in [7, 11) is 0. The third kappa shape index (κ3) is 5.41. The Kier molecular flexibility index (Phi) is 7.02. The quantitative estimate of drug-likeness (QED) is 0.474. The van der Waals surface area contributed by atoms with E-state index in [1.165, 1.54) is 47.2 Å². The standard InChI is InChI=1S/C12H19BrS2/c1-2-3-4-5-6-7-10(14)11-8-9-12(13)15-11/h8-10,14H,2-7H2,1H3. The van der Waals surface area contributed by atoms with Gasteiger partial charge in [0.05, 0.1) is 3.79 Å². The van der Waals surface area contributed by atoms with Crippen LogP contribution in [0, 0.1) is 0 Å². The normalized spacial score (nSPS) is 13.0. The van der Waals surface area contributed by atoms with Crippen molar-refractivity contribution < 1.29 is 0 Å². The van der Waals surface area contributed by atoms with E-state index in [1.807, 2.05) is 0 Å². The van der Waals surface area contributed by atoms with E-state index in [0.29, 0.717) is 5.25 Å². The molecule has 0 aliphatic heterocycles. The van der Waals surface area contributed by atoms with E-state index >= 15 is 0 Å². The van der Waals surface area contributed by atoms with Gasteiger partial charge in [-0.05, 0) is 34.5 Å². The van der Waals surface area contributed by atoms with Crippen LogP contribution < -0.4 is 0 Å². The molecule has 0 fully saturated rings. The van der Waals surface area contributed by atoms with Crippen LogP contribution in [0.4, 0.5) is 0 Å². The van der Waals surface area contributed by atoms with Crippen LogP contribution in [0.3, 0.4) is 0 Å². The average Bonchev–Trinajstić information content (AvgIpc) is 2.64. The lowest BCUT2D eigenvalue weighted by Crippen LogP contribution is -1.87. The molecule has 0 aromatic carbocycles. The highest BCUT2D eigenvalue weighted by Crippen LogP contribution is 2.33. The van der Waals surface area contributed by atoms with E-state index in [4.69, 9.17) is 0 Å². The summed E-state index contributed by atoms with van der Waals surface area (Å²) >= 11 is 9.94. The first kappa shape index (κ1) is 13.6. The molecule has 15 heavy (non-hydrogen) atoms. The number of thiophene rings is 1. The molecule has 1 rings (SSSR count). The van der Waals surface area contributed by atoms with Gasteiger partial charge in [-0.3, -0.25) is 0 Å². The molecule has 0 N–H and O–H groups in total. The van der Waals surface area contributed by atoms with Crippen LogP contribution in [0.25, 0.3) is 0 Å². The van der Waals surface area contributed by atoms with Gasteiger partial charge in [0.25, 0.3) is 0 Å². The Bertz CT molecular complexity index is 270. The molecule has 3 heteroatoms. The zero-order valence-electron chi connectivity index (χ0n) is 9.21. The Morgan fingerprint density at radius 1 is 1.27 bits per heavy atom. The largest absolute Gasteiger partial charge is 0.170 e. The maximum atomic E-state index is 4.65. The minimum absolute atomic E-state index is 0.433. The fourth-order valence-corrected chi connectivity index (χ4v) is 3.46. The van der Waals surface area contributed by atoms with E-state index in [2.05, 4.69) is 47.6 Å². The molecule has 1 aromatic heterocycles. The number of rotatable bonds is 7. The lowest BCUT2D eigenvalue weighted by molar-refractivity contribution is 0.606. The van der Waals surface area contributed by atoms with Crippen LogP contribution in [0.15, 0.2) is 15.9 Å². The molecule has 0 aliphatic carbocycles. The van der Waals surface area contributed by atoms with Gasteiger partial charge in [-0.2, -0.15) is 12.6 Å². The van der Waals surface area contributed by atoms with Crippen molar-refractivity contribution in [2.24, 2.45) is 0 Å². The SMILES string of the molecule is CCCCCCCC(S)c1ccc(Br)s1. The third-order valence-corrected chi connectivity index (χ3v) is 4.95. The Morgan fingerprint density at radius 3 is 2.60 bits per heavy atom. The topological polar surface area (TPSA) is 0 Å².